The molecule has 17 heavy (non-hydrogen) atoms. The number of methoxy groups -OCH3 is 1. The molecular weight excluding hydrogens is 208 g/mol. The number of rotatable bonds is 2. The summed E-state index contributed by atoms with van der Waals surface area (Å²) in [5, 5.41) is 0. The lowest BCUT2D eigenvalue weighted by atomic mass is 9.59. The average molecular weight is 230 g/mol. The second-order valence-electron chi connectivity index (χ2n) is 5.86. The van der Waals surface area contributed by atoms with E-state index in [1.54, 1.807) is 12.7 Å². The van der Waals surface area contributed by atoms with Crippen LogP contribution in [0.25, 0.3) is 0 Å². The van der Waals surface area contributed by atoms with E-state index in [0.717, 1.165) is 11.7 Å². The SMILES string of the molecule is COc1ccc(C23CCCC(CCC2)C3)cc1. The third-order valence-corrected chi connectivity index (χ3v) is 4.92. The van der Waals surface area contributed by atoms with Crippen molar-refractivity contribution >= 4 is 0 Å². The van der Waals surface area contributed by atoms with Gasteiger partial charge in [0.05, 0.1) is 7.11 Å². The maximum Gasteiger partial charge on any atom is 0.118 e. The summed E-state index contributed by atoms with van der Waals surface area (Å²) in [6.07, 6.45) is 10.0. The first kappa shape index (κ1) is 11.1. The Morgan fingerprint density at radius 1 is 1.06 bits per heavy atom. The van der Waals surface area contributed by atoms with Gasteiger partial charge in [-0.25, -0.2) is 0 Å². The first-order valence-electron chi connectivity index (χ1n) is 6.97. The van der Waals surface area contributed by atoms with Gasteiger partial charge in [0.15, 0.2) is 0 Å². The fourth-order valence-electron chi connectivity index (χ4n) is 4.04. The van der Waals surface area contributed by atoms with Gasteiger partial charge < -0.3 is 4.74 Å². The predicted octanol–water partition coefficient (Wildman–Crippen LogP) is 4.31. The molecule has 2 bridgehead atoms. The summed E-state index contributed by atoms with van der Waals surface area (Å²) in [6.45, 7) is 0. The van der Waals surface area contributed by atoms with Crippen LogP contribution in [-0.2, 0) is 5.41 Å². The number of hydrogen-bond acceptors (Lipinski definition) is 1. The van der Waals surface area contributed by atoms with E-state index in [1.165, 1.54) is 44.9 Å². The Bertz CT molecular complexity index is 369. The van der Waals surface area contributed by atoms with Crippen molar-refractivity contribution in [1.82, 2.24) is 0 Å². The Hall–Kier alpha value is -0.980. The third-order valence-electron chi connectivity index (χ3n) is 4.92. The highest BCUT2D eigenvalue weighted by molar-refractivity contribution is 5.33. The summed E-state index contributed by atoms with van der Waals surface area (Å²) in [6, 6.07) is 8.85. The normalized spacial score (nSPS) is 32.2. The molecule has 2 saturated carbocycles. The fourth-order valence-corrected chi connectivity index (χ4v) is 4.04. The molecule has 0 spiro atoms. The van der Waals surface area contributed by atoms with Crippen LogP contribution in [0, 0.1) is 5.92 Å². The Labute approximate surface area is 104 Å². The number of ether oxygens (including phenoxy) is 1. The maximum absolute atomic E-state index is 5.26. The number of hydrogen-bond donors (Lipinski definition) is 0. The molecule has 0 aliphatic heterocycles. The van der Waals surface area contributed by atoms with Crippen molar-refractivity contribution in [2.45, 2.75) is 50.4 Å². The number of benzene rings is 1. The summed E-state index contributed by atoms with van der Waals surface area (Å²) in [5.74, 6) is 1.98. The summed E-state index contributed by atoms with van der Waals surface area (Å²) >= 11 is 0. The van der Waals surface area contributed by atoms with Gasteiger partial charge >= 0.3 is 0 Å². The van der Waals surface area contributed by atoms with Crippen molar-refractivity contribution in [2.75, 3.05) is 7.11 Å². The summed E-state index contributed by atoms with van der Waals surface area (Å²) < 4.78 is 5.26. The van der Waals surface area contributed by atoms with Gasteiger partial charge in [0.2, 0.25) is 0 Å². The zero-order chi connectivity index (χ0) is 11.7. The van der Waals surface area contributed by atoms with E-state index in [-0.39, 0.29) is 0 Å². The van der Waals surface area contributed by atoms with Crippen LogP contribution < -0.4 is 4.74 Å². The van der Waals surface area contributed by atoms with Gasteiger partial charge in [-0.2, -0.15) is 0 Å². The molecular formula is C16H22O. The summed E-state index contributed by atoms with van der Waals surface area (Å²) in [5.41, 5.74) is 2.07. The molecule has 2 fully saturated rings. The van der Waals surface area contributed by atoms with Gasteiger partial charge in [0.25, 0.3) is 0 Å². The molecule has 1 aromatic rings. The highest BCUT2D eigenvalue weighted by atomic mass is 16.5. The lowest BCUT2D eigenvalue weighted by Crippen LogP contribution is -2.36. The van der Waals surface area contributed by atoms with Crippen LogP contribution in [0.4, 0.5) is 0 Å². The summed E-state index contributed by atoms with van der Waals surface area (Å²) in [7, 11) is 1.74. The van der Waals surface area contributed by atoms with E-state index >= 15 is 0 Å². The van der Waals surface area contributed by atoms with Crippen LogP contribution in [0.2, 0.25) is 0 Å². The molecule has 0 radical (unpaired) electrons. The van der Waals surface area contributed by atoms with E-state index in [4.69, 9.17) is 4.74 Å². The molecule has 0 amide bonds. The highest BCUT2D eigenvalue weighted by Gasteiger charge is 2.40. The molecule has 0 saturated heterocycles. The second kappa shape index (κ2) is 4.36. The zero-order valence-electron chi connectivity index (χ0n) is 10.7. The monoisotopic (exact) mass is 230 g/mol. The van der Waals surface area contributed by atoms with Crippen molar-refractivity contribution in [3.8, 4) is 5.75 Å². The maximum atomic E-state index is 5.26. The van der Waals surface area contributed by atoms with E-state index in [1.807, 2.05) is 0 Å². The number of fused-ring (bicyclic) bond motifs is 2. The average Bonchev–Trinajstić information content (AvgIpc) is 2.39. The molecule has 0 heterocycles. The zero-order valence-corrected chi connectivity index (χ0v) is 10.7. The first-order valence-corrected chi connectivity index (χ1v) is 6.97. The van der Waals surface area contributed by atoms with Crippen molar-refractivity contribution in [3.05, 3.63) is 29.8 Å². The van der Waals surface area contributed by atoms with E-state index in [9.17, 15) is 0 Å². The molecule has 0 aromatic heterocycles. The molecule has 92 valence electrons. The molecule has 2 aliphatic rings. The van der Waals surface area contributed by atoms with Crippen LogP contribution in [0.3, 0.4) is 0 Å². The van der Waals surface area contributed by atoms with Gasteiger partial charge in [0.1, 0.15) is 5.75 Å². The van der Waals surface area contributed by atoms with Crippen LogP contribution in [0.15, 0.2) is 24.3 Å². The van der Waals surface area contributed by atoms with Crippen LogP contribution in [-0.4, -0.2) is 7.11 Å². The van der Waals surface area contributed by atoms with Gasteiger partial charge in [-0.3, -0.25) is 0 Å². The molecule has 1 heteroatoms. The molecule has 1 aromatic carbocycles. The highest BCUT2D eigenvalue weighted by Crippen LogP contribution is 2.50. The topological polar surface area (TPSA) is 9.23 Å². The van der Waals surface area contributed by atoms with E-state index in [2.05, 4.69) is 24.3 Å². The molecule has 3 rings (SSSR count). The van der Waals surface area contributed by atoms with Crippen molar-refractivity contribution < 1.29 is 4.74 Å². The Morgan fingerprint density at radius 3 is 2.29 bits per heavy atom. The summed E-state index contributed by atoms with van der Waals surface area (Å²) in [4.78, 5) is 0. The van der Waals surface area contributed by atoms with Gasteiger partial charge in [0, 0.05) is 0 Å². The van der Waals surface area contributed by atoms with E-state index in [0.29, 0.717) is 5.41 Å². The Balaban J connectivity index is 1.89. The van der Waals surface area contributed by atoms with Crippen LogP contribution in [0.5, 0.6) is 5.75 Å². The molecule has 0 N–H and O–H groups in total. The second-order valence-corrected chi connectivity index (χ2v) is 5.86. The lowest BCUT2D eigenvalue weighted by molar-refractivity contribution is 0.149. The van der Waals surface area contributed by atoms with Crippen molar-refractivity contribution in [1.29, 1.82) is 0 Å². The minimum atomic E-state index is 0.507. The first-order chi connectivity index (χ1) is 8.32. The molecule has 1 nitrogen and oxygen atoms in total. The molecule has 2 aliphatic carbocycles. The molecule has 0 unspecified atom stereocenters. The van der Waals surface area contributed by atoms with Crippen LogP contribution >= 0.6 is 0 Å². The van der Waals surface area contributed by atoms with Crippen molar-refractivity contribution in [2.24, 2.45) is 5.92 Å². The van der Waals surface area contributed by atoms with Gasteiger partial charge in [-0.05, 0) is 48.3 Å². The van der Waals surface area contributed by atoms with Crippen LogP contribution in [0.1, 0.15) is 50.5 Å². The van der Waals surface area contributed by atoms with Gasteiger partial charge in [-0.1, -0.05) is 37.8 Å². The predicted molar refractivity (Wildman–Crippen MR) is 70.5 cm³/mol. The smallest absolute Gasteiger partial charge is 0.118 e. The lowest BCUT2D eigenvalue weighted by Gasteiger charge is -2.45. The molecule has 0 atom stereocenters. The fraction of sp³-hybridized carbons (Fsp3) is 0.625. The Kier molecular flexibility index (Phi) is 2.85. The largest absolute Gasteiger partial charge is 0.497 e. The third kappa shape index (κ3) is 1.96. The van der Waals surface area contributed by atoms with E-state index < -0.39 is 0 Å². The minimum absolute atomic E-state index is 0.507. The Morgan fingerprint density at radius 2 is 1.71 bits per heavy atom. The van der Waals surface area contributed by atoms with Gasteiger partial charge in [-0.15, -0.1) is 0 Å². The standard InChI is InChI=1S/C16H22O/c1-17-15-8-6-14(7-9-15)16-10-2-4-13(12-16)5-3-11-16/h6-9,13H,2-5,10-12H2,1H3. The van der Waals surface area contributed by atoms with Crippen molar-refractivity contribution in [3.63, 3.8) is 0 Å². The quantitative estimate of drug-likeness (QED) is 0.735. The minimum Gasteiger partial charge on any atom is -0.497 e.